The zero-order valence-corrected chi connectivity index (χ0v) is 25.9. The lowest BCUT2D eigenvalue weighted by molar-refractivity contribution is -0.116. The monoisotopic (exact) mass is 619 g/mol. The Labute approximate surface area is 270 Å². The van der Waals surface area contributed by atoms with Crippen LogP contribution in [0, 0.1) is 0 Å². The minimum Gasteiger partial charge on any atom is -0.446 e. The van der Waals surface area contributed by atoms with Gasteiger partial charge in [0.05, 0.1) is 5.69 Å². The molecule has 0 aromatic heterocycles. The van der Waals surface area contributed by atoms with Crippen molar-refractivity contribution in [1.82, 2.24) is 15.5 Å². The number of carbonyl (C=O) groups excluding carboxylic acids is 3. The molecule has 3 amide bonds. The summed E-state index contributed by atoms with van der Waals surface area (Å²) < 4.78 is 5.73. The zero-order chi connectivity index (χ0) is 32.0. The number of rotatable bonds is 13. The van der Waals surface area contributed by atoms with Crippen molar-refractivity contribution in [3.05, 3.63) is 120 Å². The van der Waals surface area contributed by atoms with E-state index in [1.165, 1.54) is 5.56 Å². The summed E-state index contributed by atoms with van der Waals surface area (Å²) in [5, 5.41) is 12.0. The number of nitrogens with one attached hydrogen (secondary N) is 4. The number of para-hydroxylation sites is 1. The Morgan fingerprint density at radius 3 is 2.26 bits per heavy atom. The molecule has 0 spiro atoms. The summed E-state index contributed by atoms with van der Waals surface area (Å²) >= 11 is 0. The fourth-order valence-electron chi connectivity index (χ4n) is 5.42. The maximum atomic E-state index is 12.7. The van der Waals surface area contributed by atoms with Crippen LogP contribution in [-0.2, 0) is 16.1 Å². The highest BCUT2D eigenvalue weighted by atomic mass is 16.6. The summed E-state index contributed by atoms with van der Waals surface area (Å²) in [7, 11) is 0. The Balaban J connectivity index is 0.981. The average molecular weight is 620 g/mol. The van der Waals surface area contributed by atoms with Gasteiger partial charge in [-0.15, -0.1) is 0 Å². The molecule has 4 aromatic carbocycles. The van der Waals surface area contributed by atoms with E-state index < -0.39 is 6.09 Å². The number of anilines is 2. The van der Waals surface area contributed by atoms with Crippen LogP contribution in [0.15, 0.2) is 109 Å². The van der Waals surface area contributed by atoms with Gasteiger partial charge in [-0.05, 0) is 48.2 Å². The van der Waals surface area contributed by atoms with Crippen molar-refractivity contribution in [2.45, 2.75) is 31.9 Å². The highest BCUT2D eigenvalue weighted by Crippen LogP contribution is 2.28. The van der Waals surface area contributed by atoms with Gasteiger partial charge < -0.3 is 25.6 Å². The third-order valence-electron chi connectivity index (χ3n) is 7.88. The number of likely N-dealkylation sites (tertiary alicyclic amines) is 1. The smallest absolute Gasteiger partial charge is 0.411 e. The van der Waals surface area contributed by atoms with E-state index >= 15 is 0 Å². The van der Waals surface area contributed by atoms with E-state index in [-0.39, 0.29) is 17.9 Å². The Hall–Kier alpha value is -4.99. The number of amides is 3. The number of ether oxygens (including phenoxy) is 1. The number of benzene rings is 4. The molecule has 5 rings (SSSR count). The Morgan fingerprint density at radius 2 is 1.48 bits per heavy atom. The topological polar surface area (TPSA) is 112 Å². The van der Waals surface area contributed by atoms with E-state index in [1.54, 1.807) is 24.3 Å². The number of piperidine rings is 1. The largest absolute Gasteiger partial charge is 0.446 e. The lowest BCUT2D eigenvalue weighted by atomic mass is 10.0. The second-order valence-electron chi connectivity index (χ2n) is 11.3. The van der Waals surface area contributed by atoms with Gasteiger partial charge in [-0.3, -0.25) is 14.9 Å². The van der Waals surface area contributed by atoms with Gasteiger partial charge in [0.15, 0.2) is 0 Å². The minimum absolute atomic E-state index is 0.113. The summed E-state index contributed by atoms with van der Waals surface area (Å²) in [6.45, 7) is 3.97. The molecule has 0 saturated carbocycles. The molecule has 1 aliphatic heterocycles. The van der Waals surface area contributed by atoms with Gasteiger partial charge in [0.2, 0.25) is 5.91 Å². The Morgan fingerprint density at radius 1 is 0.761 bits per heavy atom. The average Bonchev–Trinajstić information content (AvgIpc) is 3.09. The van der Waals surface area contributed by atoms with Crippen molar-refractivity contribution < 1.29 is 19.1 Å². The molecule has 46 heavy (non-hydrogen) atoms. The molecule has 9 heteroatoms. The second-order valence-corrected chi connectivity index (χ2v) is 11.3. The molecule has 1 saturated heterocycles. The lowest BCUT2D eigenvalue weighted by Gasteiger charge is -2.31. The highest BCUT2D eigenvalue weighted by Gasteiger charge is 2.23. The first-order chi connectivity index (χ1) is 22.5. The molecule has 1 heterocycles. The van der Waals surface area contributed by atoms with Crippen LogP contribution in [0.2, 0.25) is 0 Å². The van der Waals surface area contributed by atoms with Crippen molar-refractivity contribution in [2.24, 2.45) is 0 Å². The van der Waals surface area contributed by atoms with Gasteiger partial charge in [-0.1, -0.05) is 84.9 Å². The SMILES string of the molecule is O=C(CCN1CCC(OC(=O)Nc2ccccc2-c2ccccc2)CC1)Nc1cccc(C(=O)NCCNCc2ccccc2)c1. The Bertz CT molecular complexity index is 1570. The van der Waals surface area contributed by atoms with E-state index in [0.29, 0.717) is 55.8 Å². The first-order valence-corrected chi connectivity index (χ1v) is 15.8. The van der Waals surface area contributed by atoms with Crippen LogP contribution in [0.5, 0.6) is 0 Å². The number of hydrogen-bond acceptors (Lipinski definition) is 6. The van der Waals surface area contributed by atoms with Crippen LogP contribution >= 0.6 is 0 Å². The molecule has 4 N–H and O–H groups in total. The lowest BCUT2D eigenvalue weighted by Crippen LogP contribution is -2.39. The fraction of sp³-hybridized carbons (Fsp3) is 0.270. The van der Waals surface area contributed by atoms with E-state index in [2.05, 4.69) is 38.3 Å². The van der Waals surface area contributed by atoms with Crippen LogP contribution in [0.25, 0.3) is 11.1 Å². The number of nitrogens with zero attached hydrogens (tertiary/aromatic N) is 1. The summed E-state index contributed by atoms with van der Waals surface area (Å²) in [6.07, 6.45) is 1.09. The van der Waals surface area contributed by atoms with Crippen LogP contribution in [0.1, 0.15) is 35.2 Å². The Kier molecular flexibility index (Phi) is 11.9. The van der Waals surface area contributed by atoms with Crippen molar-refractivity contribution in [1.29, 1.82) is 0 Å². The molecule has 9 nitrogen and oxygen atoms in total. The first-order valence-electron chi connectivity index (χ1n) is 15.8. The van der Waals surface area contributed by atoms with E-state index in [1.807, 2.05) is 72.8 Å². The number of carbonyl (C=O) groups is 3. The molecule has 1 fully saturated rings. The highest BCUT2D eigenvalue weighted by molar-refractivity contribution is 5.97. The van der Waals surface area contributed by atoms with Gasteiger partial charge in [0, 0.05) is 62.5 Å². The fourth-order valence-corrected chi connectivity index (χ4v) is 5.42. The molecule has 1 aliphatic rings. The molecule has 238 valence electrons. The van der Waals surface area contributed by atoms with Crippen LogP contribution in [-0.4, -0.2) is 61.6 Å². The van der Waals surface area contributed by atoms with Gasteiger partial charge >= 0.3 is 6.09 Å². The second kappa shape index (κ2) is 16.9. The van der Waals surface area contributed by atoms with Crippen molar-refractivity contribution in [3.63, 3.8) is 0 Å². The van der Waals surface area contributed by atoms with Crippen molar-refractivity contribution in [3.8, 4) is 11.1 Å². The first kappa shape index (κ1) is 32.4. The molecular formula is C37H41N5O4. The van der Waals surface area contributed by atoms with E-state index in [9.17, 15) is 14.4 Å². The molecule has 0 radical (unpaired) electrons. The van der Waals surface area contributed by atoms with Crippen LogP contribution in [0.4, 0.5) is 16.2 Å². The number of hydrogen-bond donors (Lipinski definition) is 4. The summed E-state index contributed by atoms with van der Waals surface area (Å²) in [5.74, 6) is -0.297. The van der Waals surface area contributed by atoms with E-state index in [4.69, 9.17) is 4.74 Å². The zero-order valence-electron chi connectivity index (χ0n) is 25.9. The maximum Gasteiger partial charge on any atom is 0.411 e. The summed E-state index contributed by atoms with van der Waals surface area (Å²) in [6, 6.07) is 34.6. The van der Waals surface area contributed by atoms with Gasteiger partial charge in [-0.25, -0.2) is 4.79 Å². The standard InChI is InChI=1S/C37H41N5O4/c43-35(40-31-15-9-14-30(26-31)36(44)39-22-21-38-27-28-10-3-1-4-11-28)20-25-42-23-18-32(19-24-42)46-37(45)41-34-17-8-7-16-33(34)29-12-5-2-6-13-29/h1-17,26,32,38H,18-25,27H2,(H,39,44)(H,40,43)(H,41,45). The maximum absolute atomic E-state index is 12.7. The third-order valence-corrected chi connectivity index (χ3v) is 7.88. The molecule has 0 unspecified atom stereocenters. The van der Waals surface area contributed by atoms with Gasteiger partial charge in [0.25, 0.3) is 5.91 Å². The molecule has 0 bridgehead atoms. The molecule has 0 atom stereocenters. The van der Waals surface area contributed by atoms with Gasteiger partial charge in [0.1, 0.15) is 6.10 Å². The van der Waals surface area contributed by atoms with Crippen LogP contribution < -0.4 is 21.3 Å². The minimum atomic E-state index is -0.461. The molecule has 0 aliphatic carbocycles. The molecule has 4 aromatic rings. The third kappa shape index (κ3) is 10.0. The normalized spacial score (nSPS) is 13.5. The summed E-state index contributed by atoms with van der Waals surface area (Å²) in [5.41, 5.74) is 4.94. The van der Waals surface area contributed by atoms with Crippen molar-refractivity contribution in [2.75, 3.05) is 43.4 Å². The predicted molar refractivity (Wildman–Crippen MR) is 182 cm³/mol. The quantitative estimate of drug-likeness (QED) is 0.138. The van der Waals surface area contributed by atoms with Gasteiger partial charge in [-0.2, -0.15) is 0 Å². The van der Waals surface area contributed by atoms with Crippen LogP contribution in [0.3, 0.4) is 0 Å². The predicted octanol–water partition coefficient (Wildman–Crippen LogP) is 5.91. The molecular weight excluding hydrogens is 578 g/mol. The van der Waals surface area contributed by atoms with Crippen molar-refractivity contribution >= 4 is 29.3 Å². The van der Waals surface area contributed by atoms with E-state index in [0.717, 1.165) is 30.8 Å². The summed E-state index contributed by atoms with van der Waals surface area (Å²) in [4.78, 5) is 40.2.